The third-order valence-corrected chi connectivity index (χ3v) is 1.17. The van der Waals surface area contributed by atoms with Crippen molar-refractivity contribution >= 4 is 22.6 Å². The predicted octanol–water partition coefficient (Wildman–Crippen LogP) is 0.793. The van der Waals surface area contributed by atoms with Crippen LogP contribution in [-0.2, 0) is 0 Å². The fourth-order valence-corrected chi connectivity index (χ4v) is 0.923. The Morgan fingerprint density at radius 1 is 1.57 bits per heavy atom. The average Bonchev–Trinajstić information content (AvgIpc) is 1.30. The summed E-state index contributed by atoms with van der Waals surface area (Å²) >= 11 is 2.03. The largest absolute Gasteiger partial charge is 0.305 e. The second-order valence-corrected chi connectivity index (χ2v) is 3.69. The van der Waals surface area contributed by atoms with Crippen LogP contribution in [0.5, 0.6) is 0 Å². The minimum Gasteiger partial charge on any atom is -0.305 e. The Kier molecular flexibility index (Phi) is 3.10. The highest BCUT2D eigenvalue weighted by Crippen LogP contribution is 2.09. The monoisotopic (exact) mass is 214 g/mol. The Labute approximate surface area is 57.8 Å². The topological polar surface area (TPSA) is 52.0 Å². The summed E-state index contributed by atoms with van der Waals surface area (Å²) in [7, 11) is 0. The molecule has 0 spiro atoms. The van der Waals surface area contributed by atoms with Crippen molar-refractivity contribution in [2.45, 2.75) is 23.4 Å². The maximum atomic E-state index is 5.41. The molecule has 0 bridgehead atoms. The molecule has 0 amide bonds. The van der Waals surface area contributed by atoms with Crippen molar-refractivity contribution in [2.75, 3.05) is 0 Å². The number of rotatable bonds is 2. The normalized spacial score (nSPS) is 12.0. The molecule has 2 nitrogen and oxygen atoms in total. The molecule has 7 heavy (non-hydrogen) atoms. The lowest BCUT2D eigenvalue weighted by Crippen LogP contribution is -2.41. The van der Waals surface area contributed by atoms with E-state index in [-0.39, 0.29) is 0 Å². The lowest BCUT2D eigenvalue weighted by molar-refractivity contribution is 0.602. The Balaban J connectivity index is 3.15. The molecule has 0 aliphatic heterocycles. The summed E-state index contributed by atoms with van der Waals surface area (Å²) in [6, 6.07) is 0. The first-order valence-corrected chi connectivity index (χ1v) is 3.41. The van der Waals surface area contributed by atoms with Gasteiger partial charge < -0.3 is 11.5 Å². The van der Waals surface area contributed by atoms with E-state index in [2.05, 4.69) is 6.92 Å². The molecule has 0 aromatic rings. The first-order chi connectivity index (χ1) is 3.06. The van der Waals surface area contributed by atoms with Gasteiger partial charge in [0.15, 0.2) is 0 Å². The zero-order valence-corrected chi connectivity index (χ0v) is 6.60. The quantitative estimate of drug-likeness (QED) is 0.309. The third kappa shape index (κ3) is 6.65. The predicted molar refractivity (Wildman–Crippen MR) is 40.0 cm³/mol. The van der Waals surface area contributed by atoms with Gasteiger partial charge in [-0.1, -0.05) is 13.3 Å². The van der Waals surface area contributed by atoms with Crippen molar-refractivity contribution < 1.29 is 0 Å². The lowest BCUT2D eigenvalue weighted by atomic mass is 10.3. The Bertz CT molecular complexity index is 48.1. The summed E-state index contributed by atoms with van der Waals surface area (Å²) in [5, 5.41) is 0. The summed E-state index contributed by atoms with van der Waals surface area (Å²) in [6.45, 7) is 2.06. The second-order valence-electron chi connectivity index (χ2n) is 1.68. The van der Waals surface area contributed by atoms with Gasteiger partial charge in [-0.3, -0.25) is 0 Å². The molecule has 0 saturated carbocycles. The smallest absolute Gasteiger partial charge is 0.117 e. The minimum absolute atomic E-state index is 0.480. The SMILES string of the molecule is CCCC(N)(N)I. The zero-order valence-electron chi connectivity index (χ0n) is 4.45. The van der Waals surface area contributed by atoms with Crippen LogP contribution in [0.25, 0.3) is 0 Å². The van der Waals surface area contributed by atoms with E-state index in [1.807, 2.05) is 22.6 Å². The molecule has 0 atom stereocenters. The molecular weight excluding hydrogens is 203 g/mol. The van der Waals surface area contributed by atoms with Gasteiger partial charge in [0.1, 0.15) is 3.67 Å². The number of halogens is 1. The number of alkyl halides is 1. The highest BCUT2D eigenvalue weighted by Gasteiger charge is 2.09. The average molecular weight is 214 g/mol. The van der Waals surface area contributed by atoms with Gasteiger partial charge in [-0.15, -0.1) is 0 Å². The molecule has 0 heterocycles. The molecule has 0 rings (SSSR count). The van der Waals surface area contributed by atoms with Crippen LogP contribution < -0.4 is 11.5 Å². The Morgan fingerprint density at radius 2 is 2.00 bits per heavy atom. The summed E-state index contributed by atoms with van der Waals surface area (Å²) in [5.41, 5.74) is 10.8. The summed E-state index contributed by atoms with van der Waals surface area (Å²) in [4.78, 5) is 0. The summed E-state index contributed by atoms with van der Waals surface area (Å²) < 4.78 is -0.480. The van der Waals surface area contributed by atoms with Gasteiger partial charge in [0.25, 0.3) is 0 Å². The van der Waals surface area contributed by atoms with E-state index < -0.39 is 3.67 Å². The minimum atomic E-state index is -0.480. The van der Waals surface area contributed by atoms with Crippen LogP contribution in [0.15, 0.2) is 0 Å². The van der Waals surface area contributed by atoms with E-state index >= 15 is 0 Å². The third-order valence-electron chi connectivity index (χ3n) is 0.633. The van der Waals surface area contributed by atoms with Gasteiger partial charge in [-0.05, 0) is 29.0 Å². The van der Waals surface area contributed by atoms with Crippen LogP contribution in [0, 0.1) is 0 Å². The van der Waals surface area contributed by atoms with Crippen molar-refractivity contribution in [3.8, 4) is 0 Å². The van der Waals surface area contributed by atoms with Crippen molar-refractivity contribution in [3.63, 3.8) is 0 Å². The van der Waals surface area contributed by atoms with Crippen LogP contribution in [-0.4, -0.2) is 3.67 Å². The van der Waals surface area contributed by atoms with E-state index in [9.17, 15) is 0 Å². The fraction of sp³-hybridized carbons (Fsp3) is 1.00. The van der Waals surface area contributed by atoms with Gasteiger partial charge in [0.05, 0.1) is 0 Å². The van der Waals surface area contributed by atoms with Crippen LogP contribution in [0.2, 0.25) is 0 Å². The molecule has 0 saturated heterocycles. The molecule has 0 aliphatic rings. The van der Waals surface area contributed by atoms with Crippen LogP contribution in [0.4, 0.5) is 0 Å². The van der Waals surface area contributed by atoms with E-state index in [0.717, 1.165) is 12.8 Å². The summed E-state index contributed by atoms with van der Waals surface area (Å²) in [5.74, 6) is 0. The van der Waals surface area contributed by atoms with E-state index in [1.54, 1.807) is 0 Å². The molecule has 44 valence electrons. The molecule has 0 radical (unpaired) electrons. The maximum Gasteiger partial charge on any atom is 0.117 e. The summed E-state index contributed by atoms with van der Waals surface area (Å²) in [6.07, 6.45) is 1.93. The standard InChI is InChI=1S/C4H11IN2/c1-2-3-4(5,6)7/h2-3,6-7H2,1H3. The Hall–Kier alpha value is 0.650. The maximum absolute atomic E-state index is 5.41. The molecule has 0 aromatic heterocycles. The number of nitrogens with two attached hydrogens (primary N) is 2. The van der Waals surface area contributed by atoms with E-state index in [0.29, 0.717) is 0 Å². The highest BCUT2D eigenvalue weighted by molar-refractivity contribution is 14.1. The molecule has 0 aromatic carbocycles. The van der Waals surface area contributed by atoms with E-state index in [4.69, 9.17) is 11.5 Å². The molecular formula is C4H11IN2. The molecule has 3 heteroatoms. The van der Waals surface area contributed by atoms with Crippen molar-refractivity contribution in [1.29, 1.82) is 0 Å². The second kappa shape index (κ2) is 2.84. The Morgan fingerprint density at radius 3 is 2.00 bits per heavy atom. The molecule has 4 N–H and O–H groups in total. The van der Waals surface area contributed by atoms with E-state index in [1.165, 1.54) is 0 Å². The first-order valence-electron chi connectivity index (χ1n) is 2.33. The van der Waals surface area contributed by atoms with Crippen LogP contribution in [0.3, 0.4) is 0 Å². The van der Waals surface area contributed by atoms with Crippen molar-refractivity contribution in [2.24, 2.45) is 11.5 Å². The van der Waals surface area contributed by atoms with Crippen LogP contribution >= 0.6 is 22.6 Å². The number of hydrogen-bond acceptors (Lipinski definition) is 2. The van der Waals surface area contributed by atoms with Gasteiger partial charge in [-0.2, -0.15) is 0 Å². The lowest BCUT2D eigenvalue weighted by Gasteiger charge is -2.13. The number of hydrogen-bond donors (Lipinski definition) is 2. The van der Waals surface area contributed by atoms with Crippen LogP contribution in [0.1, 0.15) is 19.8 Å². The molecule has 0 fully saturated rings. The molecule has 0 aliphatic carbocycles. The van der Waals surface area contributed by atoms with Crippen molar-refractivity contribution in [3.05, 3.63) is 0 Å². The zero-order chi connectivity index (χ0) is 5.91. The van der Waals surface area contributed by atoms with Crippen molar-refractivity contribution in [1.82, 2.24) is 0 Å². The van der Waals surface area contributed by atoms with Gasteiger partial charge >= 0.3 is 0 Å². The fourth-order valence-electron chi connectivity index (χ4n) is 0.383. The highest BCUT2D eigenvalue weighted by atomic mass is 127. The van der Waals surface area contributed by atoms with Gasteiger partial charge in [0.2, 0.25) is 0 Å². The first kappa shape index (κ1) is 7.65. The van der Waals surface area contributed by atoms with Gasteiger partial charge in [0, 0.05) is 0 Å². The molecule has 0 unspecified atom stereocenters. The van der Waals surface area contributed by atoms with Gasteiger partial charge in [-0.25, -0.2) is 0 Å².